The maximum Gasteiger partial charge on any atom is 0.124 e. The van der Waals surface area contributed by atoms with Crippen molar-refractivity contribution in [2.24, 2.45) is 7.05 Å². The van der Waals surface area contributed by atoms with Gasteiger partial charge in [0.1, 0.15) is 16.8 Å². The highest BCUT2D eigenvalue weighted by Gasteiger charge is 2.00. The zero-order chi connectivity index (χ0) is 10.7. The molecule has 0 saturated carbocycles. The van der Waals surface area contributed by atoms with Crippen molar-refractivity contribution in [3.63, 3.8) is 0 Å². The van der Waals surface area contributed by atoms with Crippen LogP contribution in [0.15, 0.2) is 24.4 Å². The van der Waals surface area contributed by atoms with Crippen molar-refractivity contribution in [1.29, 1.82) is 5.26 Å². The normalized spacial score (nSPS) is 9.87. The first-order chi connectivity index (χ1) is 7.29. The fourth-order valence-electron chi connectivity index (χ4n) is 1.26. The fourth-order valence-corrected chi connectivity index (χ4v) is 2.00. The Morgan fingerprint density at radius 3 is 3.00 bits per heavy atom. The second-order valence-corrected chi connectivity index (χ2v) is 4.24. The minimum Gasteiger partial charge on any atom is -0.365 e. The van der Waals surface area contributed by atoms with Crippen molar-refractivity contribution in [2.45, 2.75) is 6.54 Å². The van der Waals surface area contributed by atoms with E-state index in [1.807, 2.05) is 25.2 Å². The Kier molecular flexibility index (Phi) is 2.70. The lowest BCUT2D eigenvalue weighted by atomic mass is 10.4. The Balaban J connectivity index is 2.00. The number of aryl methyl sites for hydroxylation is 1. The number of rotatable bonds is 3. The van der Waals surface area contributed by atoms with Gasteiger partial charge in [-0.15, -0.1) is 11.3 Å². The molecular weight excluding hydrogens is 208 g/mol. The maximum absolute atomic E-state index is 8.67. The molecule has 76 valence electrons. The van der Waals surface area contributed by atoms with Gasteiger partial charge in [-0.1, -0.05) is 0 Å². The third kappa shape index (κ3) is 2.17. The molecule has 0 amide bonds. The summed E-state index contributed by atoms with van der Waals surface area (Å²) in [5.41, 5.74) is 0. The molecular formula is C10H10N4S. The van der Waals surface area contributed by atoms with Crippen LogP contribution in [0.5, 0.6) is 0 Å². The summed E-state index contributed by atoms with van der Waals surface area (Å²) in [5.74, 6) is 0.974. The van der Waals surface area contributed by atoms with Gasteiger partial charge in [0.05, 0.1) is 12.7 Å². The minimum absolute atomic E-state index is 0.728. The number of hydrogen-bond donors (Lipinski definition) is 1. The van der Waals surface area contributed by atoms with Crippen LogP contribution < -0.4 is 5.32 Å². The molecule has 0 aliphatic carbocycles. The molecule has 2 aromatic rings. The fraction of sp³-hybridized carbons (Fsp3) is 0.200. The Morgan fingerprint density at radius 2 is 2.40 bits per heavy atom. The van der Waals surface area contributed by atoms with Crippen molar-refractivity contribution in [1.82, 2.24) is 9.78 Å². The van der Waals surface area contributed by atoms with Crippen LogP contribution >= 0.6 is 11.3 Å². The van der Waals surface area contributed by atoms with Gasteiger partial charge in [-0.3, -0.25) is 4.68 Å². The van der Waals surface area contributed by atoms with E-state index < -0.39 is 0 Å². The van der Waals surface area contributed by atoms with Crippen molar-refractivity contribution >= 4 is 17.2 Å². The molecule has 0 aromatic carbocycles. The van der Waals surface area contributed by atoms with Gasteiger partial charge in [-0.25, -0.2) is 0 Å². The van der Waals surface area contributed by atoms with Gasteiger partial charge < -0.3 is 5.32 Å². The first-order valence-electron chi connectivity index (χ1n) is 4.50. The summed E-state index contributed by atoms with van der Waals surface area (Å²) in [6.07, 6.45) is 1.75. The highest BCUT2D eigenvalue weighted by molar-refractivity contribution is 7.12. The van der Waals surface area contributed by atoms with Crippen molar-refractivity contribution in [2.75, 3.05) is 5.32 Å². The Labute approximate surface area is 91.8 Å². The third-order valence-corrected chi connectivity index (χ3v) is 3.03. The van der Waals surface area contributed by atoms with E-state index in [0.29, 0.717) is 0 Å². The van der Waals surface area contributed by atoms with Gasteiger partial charge in [0, 0.05) is 18.0 Å². The van der Waals surface area contributed by atoms with Crippen LogP contribution in [0.25, 0.3) is 0 Å². The Hall–Kier alpha value is -1.80. The van der Waals surface area contributed by atoms with Gasteiger partial charge in [-0.05, 0) is 12.1 Å². The molecule has 5 heteroatoms. The van der Waals surface area contributed by atoms with Gasteiger partial charge >= 0.3 is 0 Å². The van der Waals surface area contributed by atoms with E-state index in [9.17, 15) is 0 Å². The quantitative estimate of drug-likeness (QED) is 0.856. The first kappa shape index (κ1) is 9.74. The summed E-state index contributed by atoms with van der Waals surface area (Å²) in [7, 11) is 1.89. The summed E-state index contributed by atoms with van der Waals surface area (Å²) in [4.78, 5) is 1.89. The smallest absolute Gasteiger partial charge is 0.124 e. The van der Waals surface area contributed by atoms with Crippen molar-refractivity contribution in [3.8, 4) is 6.07 Å². The monoisotopic (exact) mass is 218 g/mol. The second-order valence-electron chi connectivity index (χ2n) is 3.07. The average Bonchev–Trinajstić information content (AvgIpc) is 2.84. The lowest BCUT2D eigenvalue weighted by molar-refractivity contribution is 0.769. The van der Waals surface area contributed by atoms with E-state index in [2.05, 4.69) is 16.5 Å². The molecule has 1 N–H and O–H groups in total. The van der Waals surface area contributed by atoms with E-state index in [0.717, 1.165) is 22.1 Å². The molecule has 0 spiro atoms. The summed E-state index contributed by atoms with van der Waals surface area (Å²) in [6.45, 7) is 0.728. The van der Waals surface area contributed by atoms with Crippen LogP contribution in [-0.4, -0.2) is 9.78 Å². The molecule has 0 aliphatic heterocycles. The average molecular weight is 218 g/mol. The molecule has 0 radical (unpaired) electrons. The molecule has 2 rings (SSSR count). The number of aromatic nitrogens is 2. The largest absolute Gasteiger partial charge is 0.365 e. The van der Waals surface area contributed by atoms with Gasteiger partial charge in [-0.2, -0.15) is 10.4 Å². The highest BCUT2D eigenvalue weighted by Crippen LogP contribution is 2.16. The van der Waals surface area contributed by atoms with E-state index in [-0.39, 0.29) is 0 Å². The molecule has 0 saturated heterocycles. The highest BCUT2D eigenvalue weighted by atomic mass is 32.1. The molecule has 0 bridgehead atoms. The SMILES string of the molecule is Cn1nccc1NCc1ccc(C#N)s1. The minimum atomic E-state index is 0.728. The number of nitriles is 1. The maximum atomic E-state index is 8.67. The van der Waals surface area contributed by atoms with Crippen LogP contribution in [-0.2, 0) is 13.6 Å². The van der Waals surface area contributed by atoms with Gasteiger partial charge in [0.2, 0.25) is 0 Å². The van der Waals surface area contributed by atoms with E-state index in [1.165, 1.54) is 11.3 Å². The predicted octanol–water partition coefficient (Wildman–Crippen LogP) is 1.97. The zero-order valence-corrected chi connectivity index (χ0v) is 9.08. The van der Waals surface area contributed by atoms with Crippen molar-refractivity contribution < 1.29 is 0 Å². The molecule has 2 heterocycles. The number of hydrogen-bond acceptors (Lipinski definition) is 4. The number of nitrogens with zero attached hydrogens (tertiary/aromatic N) is 3. The van der Waals surface area contributed by atoms with Gasteiger partial charge in [0.15, 0.2) is 0 Å². The van der Waals surface area contributed by atoms with Crippen molar-refractivity contribution in [3.05, 3.63) is 34.2 Å². The van der Waals surface area contributed by atoms with Crippen LogP contribution in [0.2, 0.25) is 0 Å². The molecule has 0 atom stereocenters. The number of thiophene rings is 1. The Bertz CT molecular complexity index is 491. The summed E-state index contributed by atoms with van der Waals surface area (Å²) >= 11 is 1.51. The van der Waals surface area contributed by atoms with Crippen LogP contribution in [0.1, 0.15) is 9.75 Å². The lowest BCUT2D eigenvalue weighted by Crippen LogP contribution is -2.03. The standard InChI is InChI=1S/C10H10N4S/c1-14-10(4-5-13-14)12-7-9-3-2-8(6-11)15-9/h2-5,12H,7H2,1H3. The second kappa shape index (κ2) is 4.15. The zero-order valence-electron chi connectivity index (χ0n) is 8.27. The van der Waals surface area contributed by atoms with Crippen LogP contribution in [0.4, 0.5) is 5.82 Å². The molecule has 0 fully saturated rings. The molecule has 0 aliphatic rings. The van der Waals surface area contributed by atoms with E-state index in [4.69, 9.17) is 5.26 Å². The summed E-state index contributed by atoms with van der Waals surface area (Å²) in [5, 5.41) is 16.0. The summed E-state index contributed by atoms with van der Waals surface area (Å²) in [6, 6.07) is 7.84. The molecule has 15 heavy (non-hydrogen) atoms. The van der Waals surface area contributed by atoms with Crippen LogP contribution in [0.3, 0.4) is 0 Å². The third-order valence-electron chi connectivity index (χ3n) is 2.04. The number of nitrogens with one attached hydrogen (secondary N) is 1. The van der Waals surface area contributed by atoms with E-state index >= 15 is 0 Å². The van der Waals surface area contributed by atoms with Gasteiger partial charge in [0.25, 0.3) is 0 Å². The summed E-state index contributed by atoms with van der Waals surface area (Å²) < 4.78 is 1.78. The molecule has 2 aromatic heterocycles. The topological polar surface area (TPSA) is 53.6 Å². The van der Waals surface area contributed by atoms with Crippen LogP contribution in [0, 0.1) is 11.3 Å². The number of anilines is 1. The first-order valence-corrected chi connectivity index (χ1v) is 5.32. The van der Waals surface area contributed by atoms with E-state index in [1.54, 1.807) is 10.9 Å². The molecule has 4 nitrogen and oxygen atoms in total. The predicted molar refractivity (Wildman–Crippen MR) is 59.6 cm³/mol. The lowest BCUT2D eigenvalue weighted by Gasteiger charge is -2.03. The Morgan fingerprint density at radius 1 is 1.53 bits per heavy atom. The molecule has 0 unspecified atom stereocenters.